The van der Waals surface area contributed by atoms with Crippen LogP contribution in [0, 0.1) is 5.92 Å². The van der Waals surface area contributed by atoms with Crippen LogP contribution in [0.4, 0.5) is 5.69 Å². The lowest BCUT2D eigenvalue weighted by Gasteiger charge is -2.32. The summed E-state index contributed by atoms with van der Waals surface area (Å²) in [5, 5.41) is 21.9. The summed E-state index contributed by atoms with van der Waals surface area (Å²) in [6.07, 6.45) is 2.25. The highest BCUT2D eigenvalue weighted by atomic mass is 35.5. The van der Waals surface area contributed by atoms with E-state index in [1.807, 2.05) is 59.5 Å². The third kappa shape index (κ3) is 6.81. The molecule has 2 heterocycles. The summed E-state index contributed by atoms with van der Waals surface area (Å²) in [5.41, 5.74) is 2.58. The number of carboxylic acids is 2. The molecule has 1 aliphatic rings. The number of amides is 1. The Bertz CT molecular complexity index is 1270. The molecule has 8 nitrogen and oxygen atoms in total. The average molecular weight is 543 g/mol. The van der Waals surface area contributed by atoms with Gasteiger partial charge in [-0.1, -0.05) is 54.1 Å². The Labute approximate surface area is 223 Å². The Hall–Kier alpha value is -3.56. The Kier molecular flexibility index (Phi) is 8.68. The van der Waals surface area contributed by atoms with E-state index in [0.29, 0.717) is 22.8 Å². The Morgan fingerprint density at radius 1 is 1.05 bits per heavy atom. The number of aliphatic carboxylic acids is 1. The number of nitrogens with one attached hydrogen (secondary N) is 1. The second-order valence-electron chi connectivity index (χ2n) is 8.84. The Morgan fingerprint density at radius 2 is 1.78 bits per heavy atom. The van der Waals surface area contributed by atoms with Crippen LogP contribution in [0.5, 0.6) is 5.75 Å². The predicted octanol–water partition coefficient (Wildman–Crippen LogP) is 5.12. The minimum atomic E-state index is -1.23. The summed E-state index contributed by atoms with van der Waals surface area (Å²) in [4.78, 5) is 37.4. The van der Waals surface area contributed by atoms with Crippen LogP contribution in [-0.2, 0) is 16.0 Å². The number of carbonyl (C=O) groups excluding carboxylic acids is 1. The van der Waals surface area contributed by atoms with Crippen molar-refractivity contribution >= 4 is 46.5 Å². The number of halogens is 1. The van der Waals surface area contributed by atoms with Crippen molar-refractivity contribution in [3.8, 4) is 16.2 Å². The van der Waals surface area contributed by atoms with E-state index in [1.54, 1.807) is 0 Å². The number of likely N-dealkylation sites (tertiary alicyclic amines) is 1. The number of ether oxygens (including phenoxy) is 1. The fraction of sp³-hybridized carbons (Fsp3) is 0.296. The molecule has 37 heavy (non-hydrogen) atoms. The van der Waals surface area contributed by atoms with Crippen molar-refractivity contribution in [1.29, 1.82) is 0 Å². The van der Waals surface area contributed by atoms with Crippen LogP contribution in [0.25, 0.3) is 10.4 Å². The lowest BCUT2D eigenvalue weighted by molar-refractivity contribution is -0.139. The van der Waals surface area contributed by atoms with E-state index in [1.165, 1.54) is 0 Å². The van der Waals surface area contributed by atoms with Gasteiger partial charge < -0.3 is 25.2 Å². The number of hydrogen-bond donors (Lipinski definition) is 3. The van der Waals surface area contributed by atoms with Crippen molar-refractivity contribution in [3.63, 3.8) is 0 Å². The van der Waals surface area contributed by atoms with E-state index in [4.69, 9.17) is 21.4 Å². The summed E-state index contributed by atoms with van der Waals surface area (Å²) < 4.78 is 5.16. The second-order valence-corrected chi connectivity index (χ2v) is 10.2. The summed E-state index contributed by atoms with van der Waals surface area (Å²) in [5.74, 6) is -2.02. The number of nitrogens with zero attached hydrogens (tertiary/aromatic N) is 1. The highest BCUT2D eigenvalue weighted by Crippen LogP contribution is 2.45. The maximum Gasteiger partial charge on any atom is 0.349 e. The van der Waals surface area contributed by atoms with E-state index >= 15 is 0 Å². The van der Waals surface area contributed by atoms with E-state index in [2.05, 4.69) is 5.32 Å². The molecule has 0 bridgehead atoms. The molecule has 1 amide bonds. The molecule has 1 aromatic heterocycles. The first-order valence-corrected chi connectivity index (χ1v) is 13.1. The summed E-state index contributed by atoms with van der Waals surface area (Å²) in [6, 6.07) is 17.2. The molecule has 0 unspecified atom stereocenters. The maximum atomic E-state index is 12.6. The SMILES string of the molecule is O=C(O)COc1c(C(=O)O)sc(-c2cccc(NCC3CCN(C(=O)Cc4ccccc4)CC3)c2)c1Cl. The molecule has 2 aromatic carbocycles. The van der Waals surface area contributed by atoms with Gasteiger partial charge in [0.2, 0.25) is 5.91 Å². The molecule has 4 rings (SSSR count). The number of hydrogen-bond acceptors (Lipinski definition) is 6. The number of carbonyl (C=O) groups is 3. The van der Waals surface area contributed by atoms with E-state index in [-0.39, 0.29) is 21.6 Å². The Morgan fingerprint density at radius 3 is 2.46 bits per heavy atom. The van der Waals surface area contributed by atoms with E-state index in [0.717, 1.165) is 55.1 Å². The quantitative estimate of drug-likeness (QED) is 0.325. The third-order valence-corrected chi connectivity index (χ3v) is 7.91. The molecular formula is C27H27ClN2O6S. The molecule has 1 fully saturated rings. The molecule has 0 aliphatic carbocycles. The number of carboxylic acid groups (broad SMARTS) is 2. The smallest absolute Gasteiger partial charge is 0.349 e. The van der Waals surface area contributed by atoms with Gasteiger partial charge in [0.15, 0.2) is 17.2 Å². The topological polar surface area (TPSA) is 116 Å². The fourth-order valence-corrected chi connectivity index (χ4v) is 5.69. The molecule has 194 valence electrons. The zero-order valence-corrected chi connectivity index (χ0v) is 21.6. The first-order valence-electron chi connectivity index (χ1n) is 11.9. The van der Waals surface area contributed by atoms with Crippen molar-refractivity contribution in [3.05, 3.63) is 70.1 Å². The number of rotatable bonds is 10. The molecule has 1 saturated heterocycles. The minimum Gasteiger partial charge on any atom is -0.479 e. The number of aromatic carboxylic acids is 1. The highest BCUT2D eigenvalue weighted by molar-refractivity contribution is 7.18. The first-order chi connectivity index (χ1) is 17.8. The number of anilines is 1. The largest absolute Gasteiger partial charge is 0.479 e. The highest BCUT2D eigenvalue weighted by Gasteiger charge is 2.25. The number of thiophene rings is 1. The van der Waals surface area contributed by atoms with Gasteiger partial charge in [-0.05, 0) is 42.0 Å². The number of piperidine rings is 1. The predicted molar refractivity (Wildman–Crippen MR) is 143 cm³/mol. The van der Waals surface area contributed by atoms with Crippen LogP contribution in [0.2, 0.25) is 5.02 Å². The van der Waals surface area contributed by atoms with Gasteiger partial charge in [0.1, 0.15) is 5.02 Å². The molecule has 0 saturated carbocycles. The standard InChI is InChI=1S/C27H27ClN2O6S/c28-23-24(36-16-22(32)33)26(27(34)35)37-25(23)19-7-4-8-20(14-19)29-15-18-9-11-30(12-10-18)21(31)13-17-5-2-1-3-6-17/h1-8,14,18,29H,9-13,15-16H2,(H,32,33)(H,34,35). The van der Waals surface area contributed by atoms with Gasteiger partial charge in [0.05, 0.1) is 11.3 Å². The van der Waals surface area contributed by atoms with Gasteiger partial charge >= 0.3 is 11.9 Å². The zero-order valence-electron chi connectivity index (χ0n) is 20.0. The van der Waals surface area contributed by atoms with Crippen LogP contribution in [-0.4, -0.2) is 59.2 Å². The van der Waals surface area contributed by atoms with Crippen molar-refractivity contribution in [2.45, 2.75) is 19.3 Å². The third-order valence-electron chi connectivity index (χ3n) is 6.23. The van der Waals surface area contributed by atoms with Crippen molar-refractivity contribution < 1.29 is 29.3 Å². The molecule has 3 N–H and O–H groups in total. The van der Waals surface area contributed by atoms with Crippen LogP contribution in [0.15, 0.2) is 54.6 Å². The van der Waals surface area contributed by atoms with Gasteiger partial charge in [-0.25, -0.2) is 9.59 Å². The van der Waals surface area contributed by atoms with Crippen molar-refractivity contribution in [2.75, 3.05) is 31.6 Å². The maximum absolute atomic E-state index is 12.6. The number of benzene rings is 2. The molecule has 1 aliphatic heterocycles. The molecule has 10 heteroatoms. The lowest BCUT2D eigenvalue weighted by atomic mass is 9.96. The van der Waals surface area contributed by atoms with Gasteiger partial charge in [-0.15, -0.1) is 11.3 Å². The summed E-state index contributed by atoms with van der Waals surface area (Å²) in [6.45, 7) is 1.53. The average Bonchev–Trinajstić information content (AvgIpc) is 3.23. The van der Waals surface area contributed by atoms with Crippen molar-refractivity contribution in [1.82, 2.24) is 4.90 Å². The van der Waals surface area contributed by atoms with Gasteiger partial charge in [0.25, 0.3) is 0 Å². The van der Waals surface area contributed by atoms with Gasteiger partial charge in [0, 0.05) is 25.3 Å². The summed E-state index contributed by atoms with van der Waals surface area (Å²) in [7, 11) is 0. The van der Waals surface area contributed by atoms with E-state index in [9.17, 15) is 19.5 Å². The van der Waals surface area contributed by atoms with Crippen molar-refractivity contribution in [2.24, 2.45) is 5.92 Å². The first kappa shape index (κ1) is 26.5. The van der Waals surface area contributed by atoms with Crippen LogP contribution >= 0.6 is 22.9 Å². The molecule has 0 spiro atoms. The van der Waals surface area contributed by atoms with Crippen LogP contribution in [0.1, 0.15) is 28.1 Å². The van der Waals surface area contributed by atoms with Crippen LogP contribution < -0.4 is 10.1 Å². The summed E-state index contributed by atoms with van der Waals surface area (Å²) >= 11 is 7.35. The Balaban J connectivity index is 1.35. The van der Waals surface area contributed by atoms with Gasteiger partial charge in [-0.2, -0.15) is 0 Å². The molecule has 0 atom stereocenters. The van der Waals surface area contributed by atoms with Crippen LogP contribution in [0.3, 0.4) is 0 Å². The second kappa shape index (κ2) is 12.1. The van der Waals surface area contributed by atoms with E-state index < -0.39 is 18.5 Å². The van der Waals surface area contributed by atoms with Gasteiger partial charge in [-0.3, -0.25) is 4.79 Å². The lowest BCUT2D eigenvalue weighted by Crippen LogP contribution is -2.40. The monoisotopic (exact) mass is 542 g/mol. The fourth-order valence-electron chi connectivity index (χ4n) is 4.29. The zero-order chi connectivity index (χ0) is 26.4. The normalized spacial score (nSPS) is 13.8. The minimum absolute atomic E-state index is 0.0772. The molecular weight excluding hydrogens is 516 g/mol. The molecule has 0 radical (unpaired) electrons. The molecule has 3 aromatic rings.